The number of aryl methyl sites for hydroxylation is 2. The molecule has 1 heteroatoms. The van der Waals surface area contributed by atoms with Crippen LogP contribution in [0.15, 0.2) is 42.6 Å². The van der Waals surface area contributed by atoms with Crippen molar-refractivity contribution in [2.75, 3.05) is 0 Å². The molecular formula is C21H25N. The van der Waals surface area contributed by atoms with E-state index in [4.69, 9.17) is 0 Å². The highest BCUT2D eigenvalue weighted by Crippen LogP contribution is 2.10. The van der Waals surface area contributed by atoms with Gasteiger partial charge in [0.25, 0.3) is 0 Å². The van der Waals surface area contributed by atoms with Crippen LogP contribution in [0.4, 0.5) is 0 Å². The summed E-state index contributed by atoms with van der Waals surface area (Å²) in [6.07, 6.45) is 9.70. The molecule has 1 aromatic heterocycles. The lowest BCUT2D eigenvalue weighted by Crippen LogP contribution is -1.87. The molecule has 2 aromatic rings. The number of hydrogen-bond acceptors (Lipinski definition) is 1. The minimum Gasteiger partial charge on any atom is -0.248 e. The molecule has 0 saturated heterocycles. The van der Waals surface area contributed by atoms with Gasteiger partial charge in [0.2, 0.25) is 0 Å². The molecule has 0 spiro atoms. The van der Waals surface area contributed by atoms with Gasteiger partial charge >= 0.3 is 0 Å². The highest BCUT2D eigenvalue weighted by atomic mass is 14.7. The number of nitrogens with zero attached hydrogens (tertiary/aromatic N) is 1. The average molecular weight is 291 g/mol. The SMILES string of the molecule is CCCCCCCc1ccc(C#Cc2ccc(C)cn2)cc1. The van der Waals surface area contributed by atoms with Gasteiger partial charge in [0.05, 0.1) is 0 Å². The third-order valence-corrected chi connectivity index (χ3v) is 3.77. The Morgan fingerprint density at radius 2 is 1.64 bits per heavy atom. The Bertz CT molecular complexity index is 612. The molecule has 0 radical (unpaired) electrons. The fraction of sp³-hybridized carbons (Fsp3) is 0.381. The molecule has 0 aliphatic heterocycles. The van der Waals surface area contributed by atoms with E-state index in [2.05, 4.69) is 48.0 Å². The van der Waals surface area contributed by atoms with Gasteiger partial charge < -0.3 is 0 Å². The monoisotopic (exact) mass is 291 g/mol. The Hall–Kier alpha value is -2.07. The van der Waals surface area contributed by atoms with Gasteiger partial charge in [-0.15, -0.1) is 0 Å². The van der Waals surface area contributed by atoms with Crippen molar-refractivity contribution in [2.24, 2.45) is 0 Å². The maximum Gasteiger partial charge on any atom is 0.113 e. The van der Waals surface area contributed by atoms with E-state index in [9.17, 15) is 0 Å². The van der Waals surface area contributed by atoms with E-state index >= 15 is 0 Å². The number of unbranched alkanes of at least 4 members (excludes halogenated alkanes) is 4. The summed E-state index contributed by atoms with van der Waals surface area (Å²) in [4.78, 5) is 4.30. The molecule has 0 N–H and O–H groups in total. The molecule has 114 valence electrons. The lowest BCUT2D eigenvalue weighted by atomic mass is 10.0. The van der Waals surface area contributed by atoms with Gasteiger partial charge in [-0.1, -0.05) is 56.7 Å². The van der Waals surface area contributed by atoms with Crippen molar-refractivity contribution in [3.8, 4) is 11.8 Å². The first-order valence-electron chi connectivity index (χ1n) is 8.31. The minimum absolute atomic E-state index is 0.825. The van der Waals surface area contributed by atoms with Gasteiger partial charge in [-0.2, -0.15) is 0 Å². The van der Waals surface area contributed by atoms with Crippen LogP contribution in [0.2, 0.25) is 0 Å². The normalized spacial score (nSPS) is 10.1. The van der Waals surface area contributed by atoms with E-state index < -0.39 is 0 Å². The van der Waals surface area contributed by atoms with Crippen molar-refractivity contribution in [1.82, 2.24) is 4.98 Å². The summed E-state index contributed by atoms with van der Waals surface area (Å²) in [6.45, 7) is 4.29. The smallest absolute Gasteiger partial charge is 0.113 e. The van der Waals surface area contributed by atoms with Crippen LogP contribution in [-0.4, -0.2) is 4.98 Å². The number of pyridine rings is 1. The highest BCUT2D eigenvalue weighted by Gasteiger charge is 1.95. The van der Waals surface area contributed by atoms with Crippen molar-refractivity contribution < 1.29 is 0 Å². The molecule has 1 aromatic carbocycles. The van der Waals surface area contributed by atoms with Gasteiger partial charge in [-0.25, -0.2) is 4.98 Å². The predicted octanol–water partition coefficient (Wildman–Crippen LogP) is 5.30. The summed E-state index contributed by atoms with van der Waals surface area (Å²) >= 11 is 0. The topological polar surface area (TPSA) is 12.9 Å². The summed E-state index contributed by atoms with van der Waals surface area (Å²) < 4.78 is 0. The molecule has 0 unspecified atom stereocenters. The molecule has 22 heavy (non-hydrogen) atoms. The highest BCUT2D eigenvalue weighted by molar-refractivity contribution is 5.41. The number of aromatic nitrogens is 1. The second kappa shape index (κ2) is 9.05. The maximum absolute atomic E-state index is 4.30. The van der Waals surface area contributed by atoms with Gasteiger partial charge in [0.1, 0.15) is 5.69 Å². The summed E-state index contributed by atoms with van der Waals surface area (Å²) in [7, 11) is 0. The van der Waals surface area contributed by atoms with Gasteiger partial charge in [0.15, 0.2) is 0 Å². The van der Waals surface area contributed by atoms with Gasteiger partial charge in [0, 0.05) is 11.8 Å². The third kappa shape index (κ3) is 5.74. The molecule has 0 aliphatic rings. The zero-order valence-corrected chi connectivity index (χ0v) is 13.7. The zero-order valence-electron chi connectivity index (χ0n) is 13.7. The van der Waals surface area contributed by atoms with Crippen molar-refractivity contribution in [2.45, 2.75) is 52.4 Å². The lowest BCUT2D eigenvalue weighted by molar-refractivity contribution is 0.632. The molecule has 1 nitrogen and oxygen atoms in total. The largest absolute Gasteiger partial charge is 0.248 e. The molecule has 1 heterocycles. The minimum atomic E-state index is 0.825. The Morgan fingerprint density at radius 3 is 2.32 bits per heavy atom. The lowest BCUT2D eigenvalue weighted by Gasteiger charge is -2.01. The zero-order chi connectivity index (χ0) is 15.6. The molecular weight excluding hydrogens is 266 g/mol. The second-order valence-corrected chi connectivity index (χ2v) is 5.83. The summed E-state index contributed by atoms with van der Waals surface area (Å²) in [6, 6.07) is 12.6. The van der Waals surface area contributed by atoms with Crippen LogP contribution in [0.1, 0.15) is 61.4 Å². The second-order valence-electron chi connectivity index (χ2n) is 5.83. The fourth-order valence-electron chi connectivity index (χ4n) is 2.37. The molecule has 0 fully saturated rings. The van der Waals surface area contributed by atoms with Crippen molar-refractivity contribution in [3.05, 3.63) is 65.0 Å². The number of benzene rings is 1. The van der Waals surface area contributed by atoms with E-state index in [1.165, 1.54) is 44.1 Å². The van der Waals surface area contributed by atoms with Crippen LogP contribution in [0, 0.1) is 18.8 Å². The Morgan fingerprint density at radius 1 is 0.864 bits per heavy atom. The number of hydrogen-bond donors (Lipinski definition) is 0. The van der Waals surface area contributed by atoms with Crippen LogP contribution in [0.3, 0.4) is 0 Å². The van der Waals surface area contributed by atoms with Crippen LogP contribution in [0.25, 0.3) is 0 Å². The molecule has 0 bridgehead atoms. The molecule has 0 atom stereocenters. The Kier molecular flexibility index (Phi) is 6.71. The summed E-state index contributed by atoms with van der Waals surface area (Å²) in [5.74, 6) is 6.29. The van der Waals surface area contributed by atoms with E-state index in [0.717, 1.165) is 16.8 Å². The quantitative estimate of drug-likeness (QED) is 0.519. The first-order valence-corrected chi connectivity index (χ1v) is 8.31. The van der Waals surface area contributed by atoms with E-state index in [0.29, 0.717) is 0 Å². The van der Waals surface area contributed by atoms with E-state index in [-0.39, 0.29) is 0 Å². The molecule has 2 rings (SSSR count). The number of rotatable bonds is 6. The standard InChI is InChI=1S/C21H25N/c1-3-4-5-6-7-8-19-10-12-20(13-11-19)14-16-21-15-9-18(2)17-22-21/h9-13,15,17H,3-8H2,1-2H3. The molecule has 0 saturated carbocycles. The van der Waals surface area contributed by atoms with Crippen LogP contribution < -0.4 is 0 Å². The van der Waals surface area contributed by atoms with Crippen LogP contribution in [0.5, 0.6) is 0 Å². The first-order chi connectivity index (χ1) is 10.8. The maximum atomic E-state index is 4.30. The molecule has 0 aliphatic carbocycles. The van der Waals surface area contributed by atoms with Crippen LogP contribution >= 0.6 is 0 Å². The fourth-order valence-corrected chi connectivity index (χ4v) is 2.37. The summed E-state index contributed by atoms with van der Waals surface area (Å²) in [5, 5.41) is 0. The van der Waals surface area contributed by atoms with Crippen molar-refractivity contribution >= 4 is 0 Å². The summed E-state index contributed by atoms with van der Waals surface area (Å²) in [5.41, 5.74) is 4.45. The van der Waals surface area contributed by atoms with Crippen molar-refractivity contribution in [3.63, 3.8) is 0 Å². The predicted molar refractivity (Wildman–Crippen MR) is 93.9 cm³/mol. The Labute approximate surface area is 134 Å². The Balaban J connectivity index is 1.85. The van der Waals surface area contributed by atoms with Gasteiger partial charge in [-0.05, 0) is 55.0 Å². The first kappa shape index (κ1) is 16.3. The molecule has 0 amide bonds. The third-order valence-electron chi connectivity index (χ3n) is 3.77. The van der Waals surface area contributed by atoms with Crippen molar-refractivity contribution in [1.29, 1.82) is 0 Å². The average Bonchev–Trinajstić information content (AvgIpc) is 2.55. The van der Waals surface area contributed by atoms with E-state index in [1.54, 1.807) is 0 Å². The van der Waals surface area contributed by atoms with E-state index in [1.807, 2.05) is 25.3 Å². The van der Waals surface area contributed by atoms with Gasteiger partial charge in [-0.3, -0.25) is 0 Å². The van der Waals surface area contributed by atoms with Crippen LogP contribution in [-0.2, 0) is 6.42 Å².